The molecule has 0 radical (unpaired) electrons. The van der Waals surface area contributed by atoms with Crippen LogP contribution in [0.4, 0.5) is 11.4 Å². The van der Waals surface area contributed by atoms with E-state index >= 15 is 0 Å². The number of nitrogens with zero attached hydrogens (tertiary/aromatic N) is 3. The highest BCUT2D eigenvalue weighted by atomic mass is 16.6. The van der Waals surface area contributed by atoms with Gasteiger partial charge in [0, 0.05) is 35.1 Å². The number of imidazole rings is 1. The molecule has 3 aromatic carbocycles. The average Bonchev–Trinajstić information content (AvgIpc) is 3.53. The summed E-state index contributed by atoms with van der Waals surface area (Å²) in [4.78, 5) is 25.8. The van der Waals surface area contributed by atoms with Crippen molar-refractivity contribution in [1.29, 1.82) is 0 Å². The second-order valence-corrected chi connectivity index (χ2v) is 8.09. The topological polar surface area (TPSA) is 146 Å². The van der Waals surface area contributed by atoms with Crippen molar-refractivity contribution in [3.63, 3.8) is 0 Å². The number of aromatic nitrogens is 3. The SMILES string of the molecule is NCc1ccccc1C(=Nc1ccc(C=Cc2cnc[nH]2)cc1)c1c(O)[nH]c2ccc([N+](=O)[O-])cc12. The van der Waals surface area contributed by atoms with Gasteiger partial charge in [-0.1, -0.05) is 42.5 Å². The number of nitrogens with two attached hydrogens (primary N) is 1. The molecule has 0 unspecified atom stereocenters. The Balaban J connectivity index is 1.65. The highest BCUT2D eigenvalue weighted by Gasteiger charge is 2.22. The molecule has 0 saturated heterocycles. The molecule has 0 saturated carbocycles. The third-order valence-corrected chi connectivity index (χ3v) is 5.81. The number of aromatic hydroxyl groups is 1. The maximum Gasteiger partial charge on any atom is 0.270 e. The number of fused-ring (bicyclic) bond motifs is 1. The van der Waals surface area contributed by atoms with Crippen LogP contribution in [0.3, 0.4) is 0 Å². The van der Waals surface area contributed by atoms with E-state index in [2.05, 4.69) is 15.0 Å². The van der Waals surface area contributed by atoms with Crippen LogP contribution in [-0.2, 0) is 6.54 Å². The van der Waals surface area contributed by atoms with Crippen LogP contribution in [0, 0.1) is 10.1 Å². The second kappa shape index (κ2) is 9.69. The number of aromatic amines is 2. The van der Waals surface area contributed by atoms with Crippen LogP contribution >= 0.6 is 0 Å². The average molecular weight is 479 g/mol. The Hall–Kier alpha value is -5.02. The summed E-state index contributed by atoms with van der Waals surface area (Å²) >= 11 is 0. The smallest absolute Gasteiger partial charge is 0.270 e. The van der Waals surface area contributed by atoms with Gasteiger partial charge in [0.25, 0.3) is 5.69 Å². The molecule has 5 N–H and O–H groups in total. The maximum absolute atomic E-state index is 11.4. The number of benzene rings is 3. The zero-order valence-electron chi connectivity index (χ0n) is 19.1. The summed E-state index contributed by atoms with van der Waals surface area (Å²) in [6.07, 6.45) is 7.22. The molecule has 9 heteroatoms. The lowest BCUT2D eigenvalue weighted by atomic mass is 9.96. The molecule has 5 aromatic rings. The highest BCUT2D eigenvalue weighted by molar-refractivity contribution is 6.22. The van der Waals surface area contributed by atoms with Crippen molar-refractivity contribution < 1.29 is 10.0 Å². The van der Waals surface area contributed by atoms with E-state index in [9.17, 15) is 15.2 Å². The maximum atomic E-state index is 11.4. The Morgan fingerprint density at radius 1 is 1.11 bits per heavy atom. The van der Waals surface area contributed by atoms with E-state index in [1.165, 1.54) is 12.1 Å². The quantitative estimate of drug-likeness (QED) is 0.142. The largest absolute Gasteiger partial charge is 0.494 e. The fourth-order valence-electron chi connectivity index (χ4n) is 4.03. The van der Waals surface area contributed by atoms with Gasteiger partial charge in [-0.2, -0.15) is 0 Å². The molecule has 36 heavy (non-hydrogen) atoms. The monoisotopic (exact) mass is 478 g/mol. The number of nitrogens with one attached hydrogen (secondary N) is 2. The van der Waals surface area contributed by atoms with Gasteiger partial charge in [0.1, 0.15) is 0 Å². The first kappa shape index (κ1) is 22.8. The van der Waals surface area contributed by atoms with Crippen LogP contribution in [0.5, 0.6) is 5.88 Å². The molecule has 5 rings (SSSR count). The summed E-state index contributed by atoms with van der Waals surface area (Å²) in [7, 11) is 0. The zero-order valence-corrected chi connectivity index (χ0v) is 19.1. The van der Waals surface area contributed by atoms with Crippen LogP contribution in [0.25, 0.3) is 23.1 Å². The van der Waals surface area contributed by atoms with E-state index in [1.54, 1.807) is 18.6 Å². The zero-order chi connectivity index (χ0) is 25.1. The summed E-state index contributed by atoms with van der Waals surface area (Å²) in [5.41, 5.74) is 11.4. The molecule has 178 valence electrons. The van der Waals surface area contributed by atoms with Gasteiger partial charge in [0.05, 0.1) is 40.1 Å². The number of rotatable bonds is 7. The number of non-ortho nitro benzene ring substituents is 1. The molecule has 0 fully saturated rings. The minimum Gasteiger partial charge on any atom is -0.494 e. The first-order valence-corrected chi connectivity index (χ1v) is 11.2. The standard InChI is InChI=1S/C27H22N6O3/c28-14-18-3-1-2-4-22(18)26(25-23-13-21(33(35)36)11-12-24(23)32-27(25)34)31-19-8-5-17(6-9-19)7-10-20-15-29-16-30-20/h1-13,15-16,32,34H,14,28H2,(H,29,30). The van der Waals surface area contributed by atoms with E-state index in [4.69, 9.17) is 10.7 Å². The van der Waals surface area contributed by atoms with Gasteiger partial charge < -0.3 is 20.8 Å². The van der Waals surface area contributed by atoms with Crippen molar-refractivity contribution in [3.05, 3.63) is 117 Å². The van der Waals surface area contributed by atoms with Gasteiger partial charge in [0.15, 0.2) is 5.88 Å². The Labute approximate surface area is 205 Å². The fraction of sp³-hybridized carbons (Fsp3) is 0.0370. The molecular formula is C27H22N6O3. The van der Waals surface area contributed by atoms with Crippen LogP contribution in [-0.4, -0.2) is 30.7 Å². The third kappa shape index (κ3) is 4.50. The number of hydrogen-bond acceptors (Lipinski definition) is 6. The predicted octanol–water partition coefficient (Wildman–Crippen LogP) is 5.30. The van der Waals surface area contributed by atoms with Gasteiger partial charge in [-0.15, -0.1) is 0 Å². The molecular weight excluding hydrogens is 456 g/mol. The minimum atomic E-state index is -0.465. The summed E-state index contributed by atoms with van der Waals surface area (Å²) in [6.45, 7) is 0.260. The lowest BCUT2D eigenvalue weighted by Gasteiger charge is -2.12. The highest BCUT2D eigenvalue weighted by Crippen LogP contribution is 2.34. The number of hydrogen-bond donors (Lipinski definition) is 4. The van der Waals surface area contributed by atoms with Gasteiger partial charge in [-0.25, -0.2) is 9.98 Å². The van der Waals surface area contributed by atoms with Gasteiger partial charge in [-0.3, -0.25) is 10.1 Å². The van der Waals surface area contributed by atoms with Gasteiger partial charge >= 0.3 is 0 Å². The summed E-state index contributed by atoms with van der Waals surface area (Å²) < 4.78 is 0. The molecule has 2 aromatic heterocycles. The molecule has 0 atom stereocenters. The van der Waals surface area contributed by atoms with E-state index in [0.717, 1.165) is 22.4 Å². The molecule has 0 bridgehead atoms. The Morgan fingerprint density at radius 3 is 2.64 bits per heavy atom. The molecule has 9 nitrogen and oxygen atoms in total. The lowest BCUT2D eigenvalue weighted by molar-refractivity contribution is -0.384. The summed E-state index contributed by atoms with van der Waals surface area (Å²) in [6, 6.07) is 19.5. The molecule has 0 spiro atoms. The summed E-state index contributed by atoms with van der Waals surface area (Å²) in [5, 5.41) is 22.8. The molecule has 0 amide bonds. The molecule has 0 aliphatic heterocycles. The van der Waals surface area contributed by atoms with Crippen LogP contribution in [0.2, 0.25) is 0 Å². The Bertz CT molecular complexity index is 1600. The van der Waals surface area contributed by atoms with Crippen molar-refractivity contribution in [1.82, 2.24) is 15.0 Å². The molecule has 0 aliphatic carbocycles. The first-order chi connectivity index (χ1) is 17.5. The molecule has 0 aliphatic rings. The number of nitro groups is 1. The van der Waals surface area contributed by atoms with Crippen molar-refractivity contribution in [2.24, 2.45) is 10.7 Å². The predicted molar refractivity (Wildman–Crippen MR) is 140 cm³/mol. The van der Waals surface area contributed by atoms with E-state index in [0.29, 0.717) is 27.9 Å². The third-order valence-electron chi connectivity index (χ3n) is 5.81. The molecule has 2 heterocycles. The summed E-state index contributed by atoms with van der Waals surface area (Å²) in [5.74, 6) is -0.129. The fourth-order valence-corrected chi connectivity index (χ4v) is 4.03. The van der Waals surface area contributed by atoms with Crippen LogP contribution in [0.1, 0.15) is 27.9 Å². The van der Waals surface area contributed by atoms with E-state index in [-0.39, 0.29) is 18.1 Å². The van der Waals surface area contributed by atoms with Gasteiger partial charge in [0.2, 0.25) is 0 Å². The first-order valence-electron chi connectivity index (χ1n) is 11.2. The van der Waals surface area contributed by atoms with Crippen LogP contribution in [0.15, 0.2) is 84.2 Å². The van der Waals surface area contributed by atoms with Crippen molar-refractivity contribution >= 4 is 40.1 Å². The van der Waals surface area contributed by atoms with Crippen molar-refractivity contribution in [2.75, 3.05) is 0 Å². The number of H-pyrrole nitrogens is 2. The van der Waals surface area contributed by atoms with E-state index < -0.39 is 4.92 Å². The second-order valence-electron chi connectivity index (χ2n) is 8.09. The number of nitro benzene ring substituents is 1. The minimum absolute atomic E-state index is 0.0809. The van der Waals surface area contributed by atoms with Crippen molar-refractivity contribution in [3.8, 4) is 5.88 Å². The van der Waals surface area contributed by atoms with E-state index in [1.807, 2.05) is 60.7 Å². The van der Waals surface area contributed by atoms with Gasteiger partial charge in [-0.05, 0) is 35.4 Å². The normalized spacial score (nSPS) is 12.0. The van der Waals surface area contributed by atoms with Crippen LogP contribution < -0.4 is 5.73 Å². The Morgan fingerprint density at radius 2 is 1.92 bits per heavy atom. The van der Waals surface area contributed by atoms with Crippen molar-refractivity contribution in [2.45, 2.75) is 6.54 Å². The Kier molecular flexibility index (Phi) is 6.12. The lowest BCUT2D eigenvalue weighted by Crippen LogP contribution is -2.09. The number of aliphatic imine (C=N–C) groups is 1.